The minimum atomic E-state index is -0.699. The van der Waals surface area contributed by atoms with Crippen molar-refractivity contribution in [3.63, 3.8) is 0 Å². The summed E-state index contributed by atoms with van der Waals surface area (Å²) >= 11 is 0.956. The molecule has 25 heavy (non-hydrogen) atoms. The molecule has 0 spiro atoms. The number of rotatable bonds is 5. The first kappa shape index (κ1) is 17.0. The second-order valence-corrected chi connectivity index (χ2v) is 6.27. The minimum absolute atomic E-state index is 0.0283. The average Bonchev–Trinajstić information content (AvgIpc) is 3.13. The number of nitro benzene ring substituents is 1. The van der Waals surface area contributed by atoms with Crippen LogP contribution in [0.3, 0.4) is 0 Å². The number of furan rings is 1. The van der Waals surface area contributed by atoms with Crippen molar-refractivity contribution >= 4 is 29.2 Å². The van der Waals surface area contributed by atoms with Crippen molar-refractivity contribution in [2.24, 2.45) is 0 Å². The summed E-state index contributed by atoms with van der Waals surface area (Å²) in [4.78, 5) is 35.6. The van der Waals surface area contributed by atoms with Crippen LogP contribution in [0.5, 0.6) is 0 Å². The lowest BCUT2D eigenvalue weighted by atomic mass is 10.0. The third kappa shape index (κ3) is 3.80. The number of hydrogen-bond acceptors (Lipinski definition) is 7. The van der Waals surface area contributed by atoms with E-state index < -0.39 is 10.9 Å². The lowest BCUT2D eigenvalue weighted by Gasteiger charge is -2.18. The number of nitro groups is 1. The molecule has 0 radical (unpaired) electrons. The molecule has 0 aliphatic heterocycles. The van der Waals surface area contributed by atoms with Gasteiger partial charge in [-0.05, 0) is 24.6 Å². The van der Waals surface area contributed by atoms with Crippen molar-refractivity contribution in [2.45, 2.75) is 24.2 Å². The molecule has 0 saturated carbocycles. The maximum Gasteiger partial charge on any atom is 0.379 e. The molecule has 128 valence electrons. The molecule has 1 aromatic carbocycles. The number of Topliss-reactive ketones (excluding diaryl/α,β-unsaturated/α-hetero) is 1. The van der Waals surface area contributed by atoms with Crippen LogP contribution in [-0.4, -0.2) is 16.7 Å². The highest BCUT2D eigenvalue weighted by Gasteiger charge is 2.27. The Labute approximate surface area is 146 Å². The molecule has 1 heterocycles. The van der Waals surface area contributed by atoms with Gasteiger partial charge < -0.3 is 9.15 Å². The van der Waals surface area contributed by atoms with Gasteiger partial charge in [0, 0.05) is 18.9 Å². The highest BCUT2D eigenvalue weighted by molar-refractivity contribution is 8.04. The molecule has 7 nitrogen and oxygen atoms in total. The number of thioether (sulfide) groups is 1. The Bertz CT molecular complexity index is 856. The van der Waals surface area contributed by atoms with Gasteiger partial charge in [0.25, 0.3) is 5.69 Å². The standard InChI is InChI=1S/C17H13NO6S/c19-12-6-3-7-13(24-17(20)14-8-4-10-23-14)16(12)25-15-9-2-1-5-11(15)18(21)22/h1-2,4-5,8-10H,3,6-7H2. The van der Waals surface area contributed by atoms with E-state index in [1.807, 2.05) is 0 Å². The number of carbonyl (C=O) groups excluding carboxylic acids is 2. The summed E-state index contributed by atoms with van der Waals surface area (Å²) in [5, 5.41) is 11.2. The highest BCUT2D eigenvalue weighted by Crippen LogP contribution is 2.39. The van der Waals surface area contributed by atoms with Crippen molar-refractivity contribution in [1.82, 2.24) is 0 Å². The Kier molecular flexibility index (Phi) is 4.99. The summed E-state index contributed by atoms with van der Waals surface area (Å²) in [6.07, 6.45) is 2.62. The van der Waals surface area contributed by atoms with E-state index in [2.05, 4.69) is 0 Å². The van der Waals surface area contributed by atoms with Crippen LogP contribution in [0.2, 0.25) is 0 Å². The van der Waals surface area contributed by atoms with Crippen molar-refractivity contribution in [3.8, 4) is 0 Å². The molecule has 0 unspecified atom stereocenters. The SMILES string of the molecule is O=C1CCCC(OC(=O)c2ccco2)=C1Sc1ccccc1[N+](=O)[O-]. The van der Waals surface area contributed by atoms with Crippen LogP contribution in [0, 0.1) is 10.1 Å². The van der Waals surface area contributed by atoms with Crippen LogP contribution in [-0.2, 0) is 9.53 Å². The quantitative estimate of drug-likeness (QED) is 0.450. The van der Waals surface area contributed by atoms with Gasteiger partial charge in [-0.1, -0.05) is 23.9 Å². The Morgan fingerprint density at radius 3 is 2.72 bits per heavy atom. The zero-order valence-corrected chi connectivity index (χ0v) is 13.8. The van der Waals surface area contributed by atoms with Crippen LogP contribution in [0.25, 0.3) is 0 Å². The fourth-order valence-electron chi connectivity index (χ4n) is 2.36. The topological polar surface area (TPSA) is 99.7 Å². The summed E-state index contributed by atoms with van der Waals surface area (Å²) in [6, 6.07) is 9.14. The van der Waals surface area contributed by atoms with Gasteiger partial charge >= 0.3 is 5.97 Å². The van der Waals surface area contributed by atoms with Gasteiger partial charge in [0.2, 0.25) is 5.76 Å². The predicted octanol–water partition coefficient (Wildman–Crippen LogP) is 4.10. The van der Waals surface area contributed by atoms with Gasteiger partial charge in [0.1, 0.15) is 5.76 Å². The molecule has 0 amide bonds. The van der Waals surface area contributed by atoms with E-state index in [1.165, 1.54) is 18.4 Å². The summed E-state index contributed by atoms with van der Waals surface area (Å²) in [5.74, 6) is -0.645. The van der Waals surface area contributed by atoms with Crippen molar-refractivity contribution < 1.29 is 23.7 Å². The van der Waals surface area contributed by atoms with Gasteiger partial charge in [-0.25, -0.2) is 4.79 Å². The van der Waals surface area contributed by atoms with Crippen LogP contribution in [0.15, 0.2) is 62.6 Å². The minimum Gasteiger partial charge on any atom is -0.457 e. The van der Waals surface area contributed by atoms with Crippen molar-refractivity contribution in [2.75, 3.05) is 0 Å². The number of benzene rings is 1. The molecule has 1 aliphatic rings. The first-order valence-electron chi connectivity index (χ1n) is 7.49. The van der Waals surface area contributed by atoms with E-state index in [0.29, 0.717) is 24.2 Å². The van der Waals surface area contributed by atoms with Crippen LogP contribution in [0.4, 0.5) is 5.69 Å². The Morgan fingerprint density at radius 1 is 1.20 bits per heavy atom. The van der Waals surface area contributed by atoms with Crippen LogP contribution < -0.4 is 0 Å². The number of hydrogen-bond donors (Lipinski definition) is 0. The van der Waals surface area contributed by atoms with Crippen molar-refractivity contribution in [3.05, 3.63) is 69.2 Å². The molecule has 2 aromatic rings. The lowest BCUT2D eigenvalue weighted by Crippen LogP contribution is -2.14. The van der Waals surface area contributed by atoms with Crippen LogP contribution >= 0.6 is 11.8 Å². The van der Waals surface area contributed by atoms with E-state index in [-0.39, 0.29) is 27.9 Å². The number of allylic oxidation sites excluding steroid dienone is 2. The number of nitrogens with zero attached hydrogens (tertiary/aromatic N) is 1. The number of carbonyl (C=O) groups is 2. The smallest absolute Gasteiger partial charge is 0.379 e. The fraction of sp³-hybridized carbons (Fsp3) is 0.176. The van der Waals surface area contributed by atoms with Gasteiger partial charge in [-0.15, -0.1) is 0 Å². The first-order valence-corrected chi connectivity index (χ1v) is 8.31. The largest absolute Gasteiger partial charge is 0.457 e. The number of ether oxygens (including phenoxy) is 1. The Balaban J connectivity index is 1.92. The molecule has 0 atom stereocenters. The third-order valence-corrected chi connectivity index (χ3v) is 4.75. The van der Waals surface area contributed by atoms with Gasteiger partial charge in [0.05, 0.1) is 21.0 Å². The second kappa shape index (κ2) is 7.35. The molecule has 0 saturated heterocycles. The molecule has 0 bridgehead atoms. The molecular formula is C17H13NO6S. The zero-order valence-electron chi connectivity index (χ0n) is 13.0. The van der Waals surface area contributed by atoms with E-state index >= 15 is 0 Å². The molecule has 3 rings (SSSR count). The summed E-state index contributed by atoms with van der Waals surface area (Å²) in [5.41, 5.74) is -0.102. The molecule has 8 heteroatoms. The monoisotopic (exact) mass is 359 g/mol. The Morgan fingerprint density at radius 2 is 2.00 bits per heavy atom. The maximum absolute atomic E-state index is 12.3. The molecular weight excluding hydrogens is 346 g/mol. The summed E-state index contributed by atoms with van der Waals surface area (Å²) < 4.78 is 10.3. The zero-order chi connectivity index (χ0) is 17.8. The fourth-order valence-corrected chi connectivity index (χ4v) is 3.45. The first-order chi connectivity index (χ1) is 12.1. The van der Waals surface area contributed by atoms with Gasteiger partial charge in [-0.2, -0.15) is 0 Å². The number of esters is 1. The molecule has 1 aliphatic carbocycles. The number of ketones is 1. The Hall–Kier alpha value is -2.87. The van der Waals surface area contributed by atoms with Crippen molar-refractivity contribution in [1.29, 1.82) is 0 Å². The second-order valence-electron chi connectivity index (χ2n) is 5.22. The van der Waals surface area contributed by atoms with Crippen LogP contribution in [0.1, 0.15) is 29.8 Å². The van der Waals surface area contributed by atoms with E-state index in [4.69, 9.17) is 9.15 Å². The molecule has 0 N–H and O–H groups in total. The summed E-state index contributed by atoms with van der Waals surface area (Å²) in [7, 11) is 0. The summed E-state index contributed by atoms with van der Waals surface area (Å²) in [6.45, 7) is 0. The van der Waals surface area contributed by atoms with E-state index in [0.717, 1.165) is 11.8 Å². The average molecular weight is 359 g/mol. The third-order valence-electron chi connectivity index (χ3n) is 3.53. The van der Waals surface area contributed by atoms with Gasteiger partial charge in [-0.3, -0.25) is 14.9 Å². The highest BCUT2D eigenvalue weighted by atomic mass is 32.2. The lowest BCUT2D eigenvalue weighted by molar-refractivity contribution is -0.387. The van der Waals surface area contributed by atoms with Gasteiger partial charge in [0.15, 0.2) is 5.78 Å². The predicted molar refractivity (Wildman–Crippen MR) is 89.0 cm³/mol. The normalized spacial score (nSPS) is 14.5. The van der Waals surface area contributed by atoms with E-state index in [1.54, 1.807) is 24.3 Å². The number of para-hydroxylation sites is 1. The van der Waals surface area contributed by atoms with E-state index in [9.17, 15) is 19.7 Å². The maximum atomic E-state index is 12.3. The molecule has 1 aromatic heterocycles. The molecule has 0 fully saturated rings.